The minimum absolute atomic E-state index is 0.131. The average molecular weight is 487 g/mol. The molecule has 176 valence electrons. The molecule has 5 rings (SSSR count). The summed E-state index contributed by atoms with van der Waals surface area (Å²) in [6.07, 6.45) is 5.63. The lowest BCUT2D eigenvalue weighted by atomic mass is 10.0. The van der Waals surface area contributed by atoms with Crippen molar-refractivity contribution in [1.82, 2.24) is 14.9 Å². The first-order valence-corrected chi connectivity index (χ1v) is 11.9. The van der Waals surface area contributed by atoms with Crippen LogP contribution in [0.15, 0.2) is 30.1 Å². The van der Waals surface area contributed by atoms with Crippen molar-refractivity contribution in [2.24, 2.45) is 0 Å². The number of fused-ring (bicyclic) bond motifs is 2. The summed E-state index contributed by atoms with van der Waals surface area (Å²) in [6, 6.07) is 5.46. The van der Waals surface area contributed by atoms with E-state index < -0.39 is 12.6 Å². The van der Waals surface area contributed by atoms with E-state index >= 15 is 4.39 Å². The standard InChI is InChI=1S/C25H22F4N4S/c1-2-15-9-16-3-4-17(22(26)20(16)10-15)13-33-7-5-18(6-8-33)32-23-21-11-19(12-25(27,28)29)34-24(21)31-14-30-23/h1,3-4,10-11,14,18H,5-9,12-13H2,(H,30,31,32). The average Bonchev–Trinajstić information content (AvgIpc) is 3.40. The summed E-state index contributed by atoms with van der Waals surface area (Å²) < 4.78 is 53.3. The number of rotatable bonds is 5. The zero-order valence-corrected chi connectivity index (χ0v) is 19.1. The van der Waals surface area contributed by atoms with E-state index in [9.17, 15) is 13.2 Å². The van der Waals surface area contributed by atoms with Crippen LogP contribution in [-0.2, 0) is 19.4 Å². The molecule has 0 amide bonds. The summed E-state index contributed by atoms with van der Waals surface area (Å²) in [7, 11) is 0. The highest BCUT2D eigenvalue weighted by atomic mass is 32.1. The maximum Gasteiger partial charge on any atom is 0.393 e. The number of benzene rings is 1. The van der Waals surface area contributed by atoms with Crippen molar-refractivity contribution in [2.45, 2.75) is 44.4 Å². The number of terminal acetylenes is 1. The molecular weight excluding hydrogens is 464 g/mol. The Morgan fingerprint density at radius 2 is 2.00 bits per heavy atom. The normalized spacial score (nSPS) is 17.0. The monoisotopic (exact) mass is 486 g/mol. The maximum atomic E-state index is 15.0. The third-order valence-corrected chi connectivity index (χ3v) is 7.36. The molecule has 1 saturated heterocycles. The van der Waals surface area contributed by atoms with Gasteiger partial charge in [0, 0.05) is 53.7 Å². The Morgan fingerprint density at radius 1 is 1.21 bits per heavy atom. The molecule has 0 saturated carbocycles. The second-order valence-corrected chi connectivity index (χ2v) is 9.86. The van der Waals surface area contributed by atoms with Crippen molar-refractivity contribution in [2.75, 3.05) is 18.4 Å². The van der Waals surface area contributed by atoms with Crippen LogP contribution in [0.1, 0.15) is 34.4 Å². The second kappa shape index (κ2) is 9.01. The third-order valence-electron chi connectivity index (χ3n) is 6.31. The molecule has 2 aromatic heterocycles. The highest BCUT2D eigenvalue weighted by Gasteiger charge is 2.29. The third kappa shape index (κ3) is 4.79. The van der Waals surface area contributed by atoms with Crippen LogP contribution in [0.3, 0.4) is 0 Å². The number of alkyl halides is 3. The number of aromatic nitrogens is 2. The summed E-state index contributed by atoms with van der Waals surface area (Å²) in [4.78, 5) is 11.4. The van der Waals surface area contributed by atoms with Crippen LogP contribution < -0.4 is 5.32 Å². The Morgan fingerprint density at radius 3 is 2.74 bits per heavy atom. The van der Waals surface area contributed by atoms with E-state index in [-0.39, 0.29) is 16.7 Å². The number of thiophene rings is 1. The van der Waals surface area contributed by atoms with Crippen LogP contribution >= 0.6 is 11.3 Å². The summed E-state index contributed by atoms with van der Waals surface area (Å²) >= 11 is 1.04. The molecule has 1 N–H and O–H groups in total. The Labute approximate surface area is 198 Å². The predicted molar refractivity (Wildman–Crippen MR) is 126 cm³/mol. The first-order valence-electron chi connectivity index (χ1n) is 11.1. The number of nitrogens with zero attached hydrogens (tertiary/aromatic N) is 3. The zero-order chi connectivity index (χ0) is 23.9. The van der Waals surface area contributed by atoms with Gasteiger partial charge in [-0.2, -0.15) is 13.2 Å². The van der Waals surface area contributed by atoms with E-state index in [0.29, 0.717) is 40.1 Å². The quantitative estimate of drug-likeness (QED) is 0.377. The lowest BCUT2D eigenvalue weighted by Gasteiger charge is -2.32. The number of anilines is 1. The molecule has 0 bridgehead atoms. The minimum atomic E-state index is -4.26. The Bertz CT molecular complexity index is 1300. The molecule has 0 spiro atoms. The molecule has 2 aliphatic rings. The smallest absolute Gasteiger partial charge is 0.367 e. The maximum absolute atomic E-state index is 15.0. The molecular formula is C25H22F4N4S. The van der Waals surface area contributed by atoms with Gasteiger partial charge in [-0.25, -0.2) is 14.4 Å². The number of hydrogen-bond donors (Lipinski definition) is 1. The van der Waals surface area contributed by atoms with Crippen molar-refractivity contribution in [3.63, 3.8) is 0 Å². The minimum Gasteiger partial charge on any atom is -0.367 e. The van der Waals surface area contributed by atoms with Gasteiger partial charge in [0.2, 0.25) is 0 Å². The van der Waals surface area contributed by atoms with Crippen LogP contribution in [0.25, 0.3) is 16.3 Å². The van der Waals surface area contributed by atoms with Gasteiger partial charge in [0.05, 0.1) is 11.8 Å². The van der Waals surface area contributed by atoms with Crippen molar-refractivity contribution < 1.29 is 17.6 Å². The van der Waals surface area contributed by atoms with E-state index in [4.69, 9.17) is 6.42 Å². The number of piperidine rings is 1. The van der Waals surface area contributed by atoms with E-state index in [1.54, 1.807) is 6.08 Å². The molecule has 0 radical (unpaired) electrons. The zero-order valence-electron chi connectivity index (χ0n) is 18.3. The fourth-order valence-electron chi connectivity index (χ4n) is 4.61. The highest BCUT2D eigenvalue weighted by molar-refractivity contribution is 7.18. The molecule has 9 heteroatoms. The van der Waals surface area contributed by atoms with Crippen molar-refractivity contribution in [1.29, 1.82) is 0 Å². The van der Waals surface area contributed by atoms with Gasteiger partial charge in [-0.1, -0.05) is 18.1 Å². The van der Waals surface area contributed by atoms with Crippen molar-refractivity contribution >= 4 is 33.4 Å². The molecule has 3 heterocycles. The van der Waals surface area contributed by atoms with Crippen molar-refractivity contribution in [3.8, 4) is 12.3 Å². The number of likely N-dealkylation sites (tertiary alicyclic amines) is 1. The first kappa shape index (κ1) is 22.8. The lowest BCUT2D eigenvalue weighted by Crippen LogP contribution is -2.39. The van der Waals surface area contributed by atoms with E-state index in [0.717, 1.165) is 48.4 Å². The highest BCUT2D eigenvalue weighted by Crippen LogP contribution is 2.33. The molecule has 1 fully saturated rings. The molecule has 34 heavy (non-hydrogen) atoms. The molecule has 1 aliphatic heterocycles. The van der Waals surface area contributed by atoms with Gasteiger partial charge < -0.3 is 5.32 Å². The van der Waals surface area contributed by atoms with Crippen molar-refractivity contribution in [3.05, 3.63) is 57.5 Å². The molecule has 0 unspecified atom stereocenters. The summed E-state index contributed by atoms with van der Waals surface area (Å²) in [6.45, 7) is 2.07. The van der Waals surface area contributed by atoms with Crippen LogP contribution in [-0.4, -0.2) is 40.2 Å². The summed E-state index contributed by atoms with van der Waals surface area (Å²) in [5.74, 6) is 2.97. The number of allylic oxidation sites excluding steroid dienone is 1. The van der Waals surface area contributed by atoms with Gasteiger partial charge in [-0.05, 0) is 30.5 Å². The fraction of sp³-hybridized carbons (Fsp3) is 0.360. The van der Waals surface area contributed by atoms with Gasteiger partial charge in [0.15, 0.2) is 0 Å². The second-order valence-electron chi connectivity index (χ2n) is 8.74. The Balaban J connectivity index is 1.22. The van der Waals surface area contributed by atoms with E-state index in [1.165, 1.54) is 12.4 Å². The molecule has 1 aliphatic carbocycles. The van der Waals surface area contributed by atoms with Gasteiger partial charge in [0.1, 0.15) is 22.8 Å². The molecule has 3 aromatic rings. The largest absolute Gasteiger partial charge is 0.393 e. The molecule has 1 aromatic carbocycles. The predicted octanol–water partition coefficient (Wildman–Crippen LogP) is 5.58. The van der Waals surface area contributed by atoms with Crippen LogP contribution in [0.5, 0.6) is 0 Å². The SMILES string of the molecule is C#CC1=Cc2c(ccc(CN3CCC(Nc4ncnc5sc(CC(F)(F)F)cc45)CC3)c2F)C1. The van der Waals surface area contributed by atoms with E-state index in [1.807, 2.05) is 12.1 Å². The van der Waals surface area contributed by atoms with Crippen LogP contribution in [0.2, 0.25) is 0 Å². The Hall–Kier alpha value is -2.96. The Kier molecular flexibility index (Phi) is 6.04. The number of halogens is 4. The fourth-order valence-corrected chi connectivity index (χ4v) is 5.63. The first-order chi connectivity index (χ1) is 16.3. The van der Waals surface area contributed by atoms with Gasteiger partial charge in [-0.3, -0.25) is 4.90 Å². The topological polar surface area (TPSA) is 41.0 Å². The van der Waals surface area contributed by atoms with Crippen LogP contribution in [0, 0.1) is 18.2 Å². The lowest BCUT2D eigenvalue weighted by molar-refractivity contribution is -0.126. The molecule has 4 nitrogen and oxygen atoms in total. The molecule has 0 atom stereocenters. The van der Waals surface area contributed by atoms with Gasteiger partial charge >= 0.3 is 6.18 Å². The van der Waals surface area contributed by atoms with E-state index in [2.05, 4.69) is 26.1 Å². The number of hydrogen-bond acceptors (Lipinski definition) is 5. The van der Waals surface area contributed by atoms with Crippen LogP contribution in [0.4, 0.5) is 23.4 Å². The van der Waals surface area contributed by atoms with Gasteiger partial charge in [0.25, 0.3) is 0 Å². The summed E-state index contributed by atoms with van der Waals surface area (Å²) in [5.41, 5.74) is 3.00. The summed E-state index contributed by atoms with van der Waals surface area (Å²) in [5, 5.41) is 4.01. The van der Waals surface area contributed by atoms with Gasteiger partial charge in [-0.15, -0.1) is 17.8 Å². The number of nitrogens with one attached hydrogen (secondary N) is 1.